The van der Waals surface area contributed by atoms with Gasteiger partial charge in [-0.3, -0.25) is 0 Å². The Morgan fingerprint density at radius 3 is 2.55 bits per heavy atom. The molecule has 1 heteroatoms. The third-order valence-corrected chi connectivity index (χ3v) is 4.47. The largest absolute Gasteiger partial charge is 0.131 e. The first-order valence-corrected chi connectivity index (χ1v) is 5.35. The van der Waals surface area contributed by atoms with Crippen molar-refractivity contribution in [1.29, 1.82) is 0 Å². The minimum absolute atomic E-state index is 0.627. The van der Waals surface area contributed by atoms with Crippen LogP contribution in [-0.4, -0.2) is 5.25 Å². The average molecular weight is 170 g/mol. The molecule has 0 bridgehead atoms. The fourth-order valence-electron chi connectivity index (χ4n) is 1.88. The summed E-state index contributed by atoms with van der Waals surface area (Å²) in [4.78, 5) is 0. The minimum atomic E-state index is 0.627. The normalized spacial score (nSPS) is 37.6. The molecular weight excluding hydrogens is 152 g/mol. The van der Waals surface area contributed by atoms with E-state index in [2.05, 4.69) is 26.0 Å². The Labute approximate surface area is 74.0 Å². The van der Waals surface area contributed by atoms with Crippen molar-refractivity contribution in [2.75, 3.05) is 0 Å². The molecule has 1 aliphatic carbocycles. The summed E-state index contributed by atoms with van der Waals surface area (Å²) >= 11 is 1.90. The minimum Gasteiger partial charge on any atom is -0.131 e. The fourth-order valence-corrected chi connectivity index (χ4v) is 2.93. The van der Waals surface area contributed by atoms with E-state index in [0.29, 0.717) is 5.41 Å². The molecule has 0 aromatic carbocycles. The van der Waals surface area contributed by atoms with Crippen LogP contribution in [0.5, 0.6) is 0 Å². The van der Waals surface area contributed by atoms with E-state index in [1.165, 1.54) is 12.8 Å². The second-order valence-corrected chi connectivity index (χ2v) is 5.04. The van der Waals surface area contributed by atoms with E-state index in [0.717, 1.165) is 11.2 Å². The molecule has 0 N–H and O–H groups in total. The lowest BCUT2D eigenvalue weighted by atomic mass is 10.0. The van der Waals surface area contributed by atoms with Crippen LogP contribution in [0.1, 0.15) is 40.5 Å². The van der Waals surface area contributed by atoms with E-state index < -0.39 is 0 Å². The Balaban J connectivity index is 2.61. The lowest BCUT2D eigenvalue weighted by Gasteiger charge is -2.16. The van der Waals surface area contributed by atoms with Gasteiger partial charge in [-0.15, -0.1) is 11.2 Å². The van der Waals surface area contributed by atoms with Gasteiger partial charge in [0.25, 0.3) is 0 Å². The van der Waals surface area contributed by atoms with E-state index in [1.54, 1.807) is 0 Å². The molecule has 0 heterocycles. The Morgan fingerprint density at radius 1 is 1.73 bits per heavy atom. The second kappa shape index (κ2) is 3.16. The molecule has 0 aliphatic heterocycles. The van der Waals surface area contributed by atoms with E-state index in [9.17, 15) is 0 Å². The highest BCUT2D eigenvalue weighted by Gasteiger charge is 2.50. The Bertz CT molecular complexity index is 199. The van der Waals surface area contributed by atoms with Gasteiger partial charge < -0.3 is 0 Å². The summed E-state index contributed by atoms with van der Waals surface area (Å²) < 4.78 is 0. The highest BCUT2D eigenvalue weighted by molar-refractivity contribution is 7.89. The molecule has 1 aliphatic rings. The van der Waals surface area contributed by atoms with E-state index >= 15 is 0 Å². The zero-order valence-corrected chi connectivity index (χ0v) is 8.79. The zero-order valence-electron chi connectivity index (χ0n) is 7.98. The number of hydrogen-bond acceptors (Lipinski definition) is 0. The van der Waals surface area contributed by atoms with Gasteiger partial charge in [0.05, 0.1) is 0 Å². The van der Waals surface area contributed by atoms with Crippen LogP contribution < -0.4 is 0 Å². The maximum Gasteiger partial charge on any atom is 0.0344 e. The van der Waals surface area contributed by atoms with Crippen molar-refractivity contribution < 1.29 is 0 Å². The molecule has 0 saturated heterocycles. The summed E-state index contributed by atoms with van der Waals surface area (Å²) in [5, 5.41) is 4.01. The van der Waals surface area contributed by atoms with Gasteiger partial charge in [0.2, 0.25) is 0 Å². The highest BCUT2D eigenvalue weighted by atomic mass is 32.1. The first kappa shape index (κ1) is 9.09. The van der Waals surface area contributed by atoms with Crippen LogP contribution in [0.25, 0.3) is 0 Å². The van der Waals surface area contributed by atoms with Gasteiger partial charge in [-0.1, -0.05) is 26.0 Å². The maximum absolute atomic E-state index is 3.20. The Hall–Kier alpha value is 0. The number of hydrogen-bond donors (Lipinski definition) is 0. The smallest absolute Gasteiger partial charge is 0.0344 e. The third-order valence-electron chi connectivity index (χ3n) is 3.08. The predicted molar refractivity (Wildman–Crippen MR) is 53.1 cm³/mol. The SMILES string of the molecule is CC#SC(CC)C1(C)CC1C. The van der Waals surface area contributed by atoms with Crippen molar-refractivity contribution in [3.63, 3.8) is 0 Å². The number of rotatable bonds is 2. The molecule has 3 unspecified atom stereocenters. The van der Waals surface area contributed by atoms with Crippen LogP contribution in [0.15, 0.2) is 0 Å². The van der Waals surface area contributed by atoms with Crippen LogP contribution in [0.4, 0.5) is 0 Å². The third kappa shape index (κ3) is 1.60. The summed E-state index contributed by atoms with van der Waals surface area (Å²) in [6.45, 7) is 9.07. The van der Waals surface area contributed by atoms with Crippen molar-refractivity contribution in [3.05, 3.63) is 0 Å². The van der Waals surface area contributed by atoms with E-state index in [1.807, 2.05) is 18.1 Å². The van der Waals surface area contributed by atoms with Crippen molar-refractivity contribution in [2.24, 2.45) is 11.3 Å². The molecule has 11 heavy (non-hydrogen) atoms. The van der Waals surface area contributed by atoms with Crippen LogP contribution >= 0.6 is 11.2 Å². The van der Waals surface area contributed by atoms with Gasteiger partial charge in [0, 0.05) is 5.25 Å². The summed E-state index contributed by atoms with van der Waals surface area (Å²) in [7, 11) is 0. The van der Waals surface area contributed by atoms with Crippen molar-refractivity contribution in [2.45, 2.75) is 45.8 Å². The molecule has 1 saturated carbocycles. The Morgan fingerprint density at radius 2 is 2.27 bits per heavy atom. The summed E-state index contributed by atoms with van der Waals surface area (Å²) in [5.41, 5.74) is 0.627. The zero-order chi connectivity index (χ0) is 8.48. The highest BCUT2D eigenvalue weighted by Crippen LogP contribution is 2.57. The second-order valence-electron chi connectivity index (χ2n) is 3.83. The standard InChI is InChI=1S/C10H18S/c1-5-9(11-6-2)10(4)7-8(10)3/h8-9H,5,7H2,1-4H3. The predicted octanol–water partition coefficient (Wildman–Crippen LogP) is 3.52. The van der Waals surface area contributed by atoms with Crippen LogP contribution in [0, 0.1) is 16.5 Å². The topological polar surface area (TPSA) is 0 Å². The van der Waals surface area contributed by atoms with Crippen LogP contribution in [0.2, 0.25) is 0 Å². The quantitative estimate of drug-likeness (QED) is 0.595. The van der Waals surface area contributed by atoms with Gasteiger partial charge >= 0.3 is 0 Å². The van der Waals surface area contributed by atoms with Gasteiger partial charge in [-0.05, 0) is 31.1 Å². The molecule has 1 rings (SSSR count). The molecule has 0 spiro atoms. The van der Waals surface area contributed by atoms with Gasteiger partial charge in [0.1, 0.15) is 0 Å². The maximum atomic E-state index is 3.20. The summed E-state index contributed by atoms with van der Waals surface area (Å²) in [6.07, 6.45) is 2.70. The molecule has 0 aromatic rings. The average Bonchev–Trinajstić information content (AvgIpc) is 2.56. The monoisotopic (exact) mass is 170 g/mol. The molecular formula is C10H18S. The lowest BCUT2D eigenvalue weighted by Crippen LogP contribution is -2.13. The molecule has 0 nitrogen and oxygen atoms in total. The Kier molecular flexibility index (Phi) is 2.61. The van der Waals surface area contributed by atoms with Crippen LogP contribution in [-0.2, 0) is 0 Å². The van der Waals surface area contributed by atoms with E-state index in [-0.39, 0.29) is 0 Å². The fraction of sp³-hybridized carbons (Fsp3) is 0.900. The molecule has 0 radical (unpaired) electrons. The van der Waals surface area contributed by atoms with E-state index in [4.69, 9.17) is 0 Å². The van der Waals surface area contributed by atoms with Gasteiger partial charge in [-0.25, -0.2) is 0 Å². The molecule has 64 valence electrons. The summed E-state index contributed by atoms with van der Waals surface area (Å²) in [6, 6.07) is 0. The molecule has 0 amide bonds. The molecule has 0 aromatic heterocycles. The van der Waals surface area contributed by atoms with Gasteiger partial charge in [0.15, 0.2) is 0 Å². The molecule has 1 fully saturated rings. The first-order valence-electron chi connectivity index (χ1n) is 4.47. The first-order chi connectivity index (χ1) is 5.15. The van der Waals surface area contributed by atoms with Crippen molar-refractivity contribution in [3.8, 4) is 5.18 Å². The molecule has 3 atom stereocenters. The summed E-state index contributed by atoms with van der Waals surface area (Å²) in [5.74, 6) is 0.938. The lowest BCUT2D eigenvalue weighted by molar-refractivity contribution is 0.486. The van der Waals surface area contributed by atoms with Gasteiger partial charge in [-0.2, -0.15) is 0 Å². The van der Waals surface area contributed by atoms with Crippen molar-refractivity contribution in [1.82, 2.24) is 0 Å². The van der Waals surface area contributed by atoms with Crippen LogP contribution in [0.3, 0.4) is 0 Å². The van der Waals surface area contributed by atoms with Crippen molar-refractivity contribution >= 4 is 11.2 Å².